The van der Waals surface area contributed by atoms with Crippen molar-refractivity contribution in [3.8, 4) is 10.8 Å². The lowest BCUT2D eigenvalue weighted by atomic mass is 10.2. The standard InChI is InChI=1S/C21H23N3O4S2/c25-20(13-17-15-29-21(23-17)19-5-4-12-28-19)22-14-16-6-8-18(9-7-16)30(26,27)24-10-2-1-3-11-24/h4-9,12,15H,1-3,10-11,13-14H2,(H,22,25). The number of hydrogen-bond donors (Lipinski definition) is 1. The number of benzene rings is 1. The minimum absolute atomic E-state index is 0.142. The molecule has 0 unspecified atom stereocenters. The van der Waals surface area contributed by atoms with Crippen LogP contribution in [-0.4, -0.2) is 36.7 Å². The second-order valence-electron chi connectivity index (χ2n) is 7.18. The van der Waals surface area contributed by atoms with Crippen LogP contribution in [0.5, 0.6) is 0 Å². The van der Waals surface area contributed by atoms with Crippen LogP contribution in [0.4, 0.5) is 0 Å². The number of furan rings is 1. The van der Waals surface area contributed by atoms with E-state index in [2.05, 4.69) is 10.3 Å². The number of rotatable bonds is 7. The van der Waals surface area contributed by atoms with Gasteiger partial charge in [0, 0.05) is 25.0 Å². The molecule has 3 aromatic rings. The first kappa shape index (κ1) is 20.8. The average molecular weight is 446 g/mol. The van der Waals surface area contributed by atoms with E-state index in [0.29, 0.717) is 36.0 Å². The van der Waals surface area contributed by atoms with Gasteiger partial charge in [-0.15, -0.1) is 11.3 Å². The van der Waals surface area contributed by atoms with Gasteiger partial charge in [0.1, 0.15) is 0 Å². The van der Waals surface area contributed by atoms with Crippen molar-refractivity contribution in [1.82, 2.24) is 14.6 Å². The average Bonchev–Trinajstić information content (AvgIpc) is 3.45. The Hall–Kier alpha value is -2.49. The molecule has 1 aliphatic rings. The fourth-order valence-electron chi connectivity index (χ4n) is 3.36. The van der Waals surface area contributed by atoms with Crippen LogP contribution in [0, 0.1) is 0 Å². The second kappa shape index (κ2) is 9.11. The monoisotopic (exact) mass is 445 g/mol. The van der Waals surface area contributed by atoms with E-state index in [4.69, 9.17) is 4.42 Å². The van der Waals surface area contributed by atoms with Crippen LogP contribution in [0.15, 0.2) is 57.4 Å². The van der Waals surface area contributed by atoms with Gasteiger partial charge >= 0.3 is 0 Å². The highest BCUT2D eigenvalue weighted by Crippen LogP contribution is 2.24. The van der Waals surface area contributed by atoms with Gasteiger partial charge in [0.2, 0.25) is 15.9 Å². The van der Waals surface area contributed by atoms with Crippen LogP contribution in [0.2, 0.25) is 0 Å². The van der Waals surface area contributed by atoms with Crippen LogP contribution in [0.25, 0.3) is 10.8 Å². The van der Waals surface area contributed by atoms with E-state index < -0.39 is 10.0 Å². The second-order valence-corrected chi connectivity index (χ2v) is 9.98. The van der Waals surface area contributed by atoms with E-state index in [1.54, 1.807) is 40.9 Å². The maximum atomic E-state index is 12.7. The molecule has 0 radical (unpaired) electrons. The maximum absolute atomic E-state index is 12.7. The molecule has 2 aromatic heterocycles. The predicted octanol–water partition coefficient (Wildman–Crippen LogP) is 3.44. The summed E-state index contributed by atoms with van der Waals surface area (Å²) in [6.45, 7) is 1.49. The smallest absolute Gasteiger partial charge is 0.243 e. The van der Waals surface area contributed by atoms with E-state index in [9.17, 15) is 13.2 Å². The van der Waals surface area contributed by atoms with E-state index in [-0.39, 0.29) is 12.3 Å². The number of nitrogens with one attached hydrogen (secondary N) is 1. The number of nitrogens with zero attached hydrogens (tertiary/aromatic N) is 2. The Morgan fingerprint density at radius 3 is 2.60 bits per heavy atom. The van der Waals surface area contributed by atoms with Crippen molar-refractivity contribution in [3.63, 3.8) is 0 Å². The molecular weight excluding hydrogens is 422 g/mol. The van der Waals surface area contributed by atoms with Crippen LogP contribution in [-0.2, 0) is 27.8 Å². The molecule has 0 spiro atoms. The maximum Gasteiger partial charge on any atom is 0.243 e. The molecule has 0 aliphatic carbocycles. The summed E-state index contributed by atoms with van der Waals surface area (Å²) < 4.78 is 32.3. The van der Waals surface area contributed by atoms with E-state index in [0.717, 1.165) is 29.8 Å². The molecule has 3 heterocycles. The van der Waals surface area contributed by atoms with Crippen LogP contribution < -0.4 is 5.32 Å². The molecule has 1 aromatic carbocycles. The van der Waals surface area contributed by atoms with Gasteiger partial charge in [-0.1, -0.05) is 18.6 Å². The number of aromatic nitrogens is 1. The molecule has 1 amide bonds. The Balaban J connectivity index is 1.31. The molecule has 1 fully saturated rings. The quantitative estimate of drug-likeness (QED) is 0.601. The number of sulfonamides is 1. The van der Waals surface area contributed by atoms with Gasteiger partial charge in [-0.2, -0.15) is 4.31 Å². The van der Waals surface area contributed by atoms with Gasteiger partial charge in [0.15, 0.2) is 10.8 Å². The van der Waals surface area contributed by atoms with Crippen molar-refractivity contribution < 1.29 is 17.6 Å². The van der Waals surface area contributed by atoms with Crippen molar-refractivity contribution >= 4 is 27.3 Å². The van der Waals surface area contributed by atoms with Gasteiger partial charge in [-0.05, 0) is 42.7 Å². The molecule has 9 heteroatoms. The molecule has 0 bridgehead atoms. The molecule has 158 valence electrons. The largest absolute Gasteiger partial charge is 0.462 e. The molecule has 7 nitrogen and oxygen atoms in total. The summed E-state index contributed by atoms with van der Waals surface area (Å²) in [5, 5.41) is 5.44. The summed E-state index contributed by atoms with van der Waals surface area (Å²) in [5.41, 5.74) is 1.53. The first-order valence-electron chi connectivity index (χ1n) is 9.86. The zero-order chi connectivity index (χ0) is 21.0. The Bertz CT molecular complexity index is 1080. The lowest BCUT2D eigenvalue weighted by Gasteiger charge is -2.25. The van der Waals surface area contributed by atoms with Crippen LogP contribution in [0.1, 0.15) is 30.5 Å². The summed E-state index contributed by atoms with van der Waals surface area (Å²) in [4.78, 5) is 17.0. The van der Waals surface area contributed by atoms with Crippen molar-refractivity contribution in [3.05, 3.63) is 59.3 Å². The molecule has 4 rings (SSSR count). The molecule has 1 saturated heterocycles. The van der Waals surface area contributed by atoms with Crippen LogP contribution in [0.3, 0.4) is 0 Å². The van der Waals surface area contributed by atoms with E-state index in [1.165, 1.54) is 11.3 Å². The van der Waals surface area contributed by atoms with Gasteiger partial charge in [0.05, 0.1) is 23.3 Å². The van der Waals surface area contributed by atoms with Gasteiger partial charge < -0.3 is 9.73 Å². The Morgan fingerprint density at radius 2 is 1.90 bits per heavy atom. The number of hydrogen-bond acceptors (Lipinski definition) is 6. The van der Waals surface area contributed by atoms with E-state index in [1.807, 2.05) is 11.4 Å². The number of amides is 1. The first-order chi connectivity index (χ1) is 14.5. The van der Waals surface area contributed by atoms with Gasteiger partial charge in [0.25, 0.3) is 0 Å². The highest BCUT2D eigenvalue weighted by Gasteiger charge is 2.25. The predicted molar refractivity (Wildman–Crippen MR) is 114 cm³/mol. The highest BCUT2D eigenvalue weighted by atomic mass is 32.2. The van der Waals surface area contributed by atoms with Gasteiger partial charge in [-0.25, -0.2) is 13.4 Å². The normalized spacial score (nSPS) is 15.2. The molecule has 1 aliphatic heterocycles. The minimum atomic E-state index is -3.44. The fourth-order valence-corrected chi connectivity index (χ4v) is 5.67. The minimum Gasteiger partial charge on any atom is -0.462 e. The third-order valence-electron chi connectivity index (χ3n) is 4.99. The number of carbonyl (C=O) groups excluding carboxylic acids is 1. The van der Waals surface area contributed by atoms with Crippen molar-refractivity contribution in [2.75, 3.05) is 13.1 Å². The lowest BCUT2D eigenvalue weighted by molar-refractivity contribution is -0.120. The molecule has 30 heavy (non-hydrogen) atoms. The zero-order valence-electron chi connectivity index (χ0n) is 16.4. The highest BCUT2D eigenvalue weighted by molar-refractivity contribution is 7.89. The summed E-state index contributed by atoms with van der Waals surface area (Å²) in [6.07, 6.45) is 4.66. The van der Waals surface area contributed by atoms with E-state index >= 15 is 0 Å². The summed E-state index contributed by atoms with van der Waals surface area (Å²) >= 11 is 1.43. The molecule has 1 N–H and O–H groups in total. The lowest BCUT2D eigenvalue weighted by Crippen LogP contribution is -2.35. The Labute approximate surface area is 179 Å². The van der Waals surface area contributed by atoms with Crippen molar-refractivity contribution in [1.29, 1.82) is 0 Å². The van der Waals surface area contributed by atoms with Crippen LogP contribution >= 0.6 is 11.3 Å². The number of carbonyl (C=O) groups is 1. The van der Waals surface area contributed by atoms with Crippen molar-refractivity contribution in [2.45, 2.75) is 37.1 Å². The molecular formula is C21H23N3O4S2. The zero-order valence-corrected chi connectivity index (χ0v) is 18.0. The number of thiazole rings is 1. The summed E-state index contributed by atoms with van der Waals surface area (Å²) in [5.74, 6) is 0.544. The molecule has 0 atom stereocenters. The Morgan fingerprint density at radius 1 is 1.13 bits per heavy atom. The topological polar surface area (TPSA) is 92.5 Å². The Kier molecular flexibility index (Phi) is 6.31. The fraction of sp³-hybridized carbons (Fsp3) is 0.333. The van der Waals surface area contributed by atoms with Crippen molar-refractivity contribution in [2.24, 2.45) is 0 Å². The third kappa shape index (κ3) is 4.80. The summed E-state index contributed by atoms with van der Waals surface area (Å²) in [6, 6.07) is 10.3. The van der Waals surface area contributed by atoms with Gasteiger partial charge in [-0.3, -0.25) is 4.79 Å². The molecule has 0 saturated carbocycles. The SMILES string of the molecule is O=C(Cc1csc(-c2ccco2)n1)NCc1ccc(S(=O)(=O)N2CCCCC2)cc1. The summed E-state index contributed by atoms with van der Waals surface area (Å²) in [7, 11) is -3.44. The third-order valence-corrected chi connectivity index (χ3v) is 7.81. The number of piperidine rings is 1. The first-order valence-corrected chi connectivity index (χ1v) is 12.2.